The second-order valence-electron chi connectivity index (χ2n) is 10.0. The zero-order valence-corrected chi connectivity index (χ0v) is 23.2. The lowest BCUT2D eigenvalue weighted by Gasteiger charge is -2.43. The van der Waals surface area contributed by atoms with Crippen molar-refractivity contribution in [3.05, 3.63) is 17.0 Å². The molecule has 0 aromatic carbocycles. The summed E-state index contributed by atoms with van der Waals surface area (Å²) in [6.45, 7) is 1.55. The quantitative estimate of drug-likeness (QED) is 0.486. The van der Waals surface area contributed by atoms with Crippen molar-refractivity contribution in [3.63, 3.8) is 0 Å². The van der Waals surface area contributed by atoms with E-state index in [1.165, 1.54) is 40.5 Å². The van der Waals surface area contributed by atoms with Crippen molar-refractivity contribution < 1.29 is 31.2 Å². The summed E-state index contributed by atoms with van der Waals surface area (Å²) in [5.41, 5.74) is 0. The van der Waals surface area contributed by atoms with Gasteiger partial charge in [0.15, 0.2) is 0 Å². The lowest BCUT2D eigenvalue weighted by Crippen LogP contribution is -2.55. The van der Waals surface area contributed by atoms with E-state index in [9.17, 15) is 26.4 Å². The van der Waals surface area contributed by atoms with Crippen LogP contribution in [0.25, 0.3) is 0 Å². The Balaban J connectivity index is 1.54. The van der Waals surface area contributed by atoms with Gasteiger partial charge in [0.2, 0.25) is 15.9 Å². The minimum Gasteiger partial charge on any atom is -0.465 e. The highest BCUT2D eigenvalue weighted by Crippen LogP contribution is 2.39. The van der Waals surface area contributed by atoms with E-state index >= 15 is 0 Å². The Labute approximate surface area is 217 Å². The number of carbonyl (C=O) groups is 2. The molecule has 0 radical (unpaired) electrons. The van der Waals surface area contributed by atoms with Crippen LogP contribution < -0.4 is 0 Å². The van der Waals surface area contributed by atoms with Crippen molar-refractivity contribution >= 4 is 43.3 Å². The largest absolute Gasteiger partial charge is 0.465 e. The van der Waals surface area contributed by atoms with Crippen LogP contribution in [0.3, 0.4) is 0 Å². The highest BCUT2D eigenvalue weighted by molar-refractivity contribution is 7.91. The van der Waals surface area contributed by atoms with Crippen LogP contribution in [0.15, 0.2) is 16.3 Å². The third kappa shape index (κ3) is 5.95. The van der Waals surface area contributed by atoms with Crippen molar-refractivity contribution in [2.45, 2.75) is 42.7 Å². The van der Waals surface area contributed by atoms with Gasteiger partial charge in [-0.1, -0.05) is 32.1 Å². The molecule has 3 aliphatic rings. The molecule has 36 heavy (non-hydrogen) atoms. The maximum absolute atomic E-state index is 13.6. The highest BCUT2D eigenvalue weighted by Gasteiger charge is 2.42. The first-order chi connectivity index (χ1) is 17.0. The smallest absolute Gasteiger partial charge is 0.348 e. The van der Waals surface area contributed by atoms with Crippen molar-refractivity contribution in [1.29, 1.82) is 0 Å². The van der Waals surface area contributed by atoms with Crippen LogP contribution in [0.1, 0.15) is 48.2 Å². The first-order valence-electron chi connectivity index (χ1n) is 12.4. The van der Waals surface area contributed by atoms with Crippen LogP contribution in [0, 0.1) is 17.8 Å². The molecule has 0 spiro atoms. The molecule has 13 heteroatoms. The van der Waals surface area contributed by atoms with Gasteiger partial charge in [-0.2, -0.15) is 8.61 Å². The molecular formula is C23H35N3O7S3. The van der Waals surface area contributed by atoms with Crippen molar-refractivity contribution in [3.8, 4) is 0 Å². The molecule has 1 aromatic rings. The number of hydrogen-bond donors (Lipinski definition) is 0. The van der Waals surface area contributed by atoms with Crippen LogP contribution in [0.4, 0.5) is 0 Å². The molecule has 10 nitrogen and oxygen atoms in total. The molecule has 0 unspecified atom stereocenters. The van der Waals surface area contributed by atoms with Gasteiger partial charge in [0.25, 0.3) is 10.0 Å². The Morgan fingerprint density at radius 3 is 2.19 bits per heavy atom. The van der Waals surface area contributed by atoms with Crippen LogP contribution in [0.2, 0.25) is 0 Å². The molecule has 0 bridgehead atoms. The Kier molecular flexibility index (Phi) is 8.45. The predicted molar refractivity (Wildman–Crippen MR) is 136 cm³/mol. The fraction of sp³-hybridized carbons (Fsp3) is 0.739. The number of ether oxygens (including phenoxy) is 1. The van der Waals surface area contributed by atoms with Gasteiger partial charge in [-0.15, -0.1) is 11.3 Å². The number of piperidine rings is 1. The molecule has 2 saturated heterocycles. The van der Waals surface area contributed by atoms with E-state index in [1.807, 2.05) is 0 Å². The van der Waals surface area contributed by atoms with E-state index in [4.69, 9.17) is 4.74 Å². The molecule has 1 amide bonds. The van der Waals surface area contributed by atoms with E-state index < -0.39 is 31.9 Å². The molecule has 2 aliphatic heterocycles. The summed E-state index contributed by atoms with van der Waals surface area (Å²) in [7, 11) is -5.95. The van der Waals surface area contributed by atoms with Gasteiger partial charge < -0.3 is 9.64 Å². The summed E-state index contributed by atoms with van der Waals surface area (Å²) in [6, 6.07) is 2.88. The SMILES string of the molecule is COC(=O)c1ccc(S(=O)(=O)N2C[C@@H](C(=O)N3CCN(S(C)(=O)=O)CC3)C[C@@H](C3CCCCC3)C2)s1. The highest BCUT2D eigenvalue weighted by atomic mass is 32.2. The molecule has 202 valence electrons. The number of methoxy groups -OCH3 is 1. The van der Waals surface area contributed by atoms with Gasteiger partial charge in [0.05, 0.1) is 19.3 Å². The van der Waals surface area contributed by atoms with Crippen LogP contribution in [-0.2, 0) is 29.6 Å². The second-order valence-corrected chi connectivity index (χ2v) is 15.2. The zero-order valence-electron chi connectivity index (χ0n) is 20.8. The summed E-state index contributed by atoms with van der Waals surface area (Å²) < 4.78 is 58.5. The summed E-state index contributed by atoms with van der Waals surface area (Å²) in [4.78, 5) is 27.3. The minimum atomic E-state index is -3.89. The first-order valence-corrected chi connectivity index (χ1v) is 16.5. The van der Waals surface area contributed by atoms with Gasteiger partial charge >= 0.3 is 5.97 Å². The van der Waals surface area contributed by atoms with E-state index in [-0.39, 0.29) is 40.5 Å². The van der Waals surface area contributed by atoms with Crippen LogP contribution in [0.5, 0.6) is 0 Å². The van der Waals surface area contributed by atoms with E-state index in [1.54, 1.807) is 4.90 Å². The Hall–Kier alpha value is -1.54. The number of sulfonamides is 2. The third-order valence-electron chi connectivity index (χ3n) is 7.70. The molecule has 3 heterocycles. The number of piperazine rings is 1. The fourth-order valence-electron chi connectivity index (χ4n) is 5.71. The van der Waals surface area contributed by atoms with E-state index in [0.29, 0.717) is 32.0 Å². The Morgan fingerprint density at radius 1 is 0.917 bits per heavy atom. The van der Waals surface area contributed by atoms with E-state index in [2.05, 4.69) is 0 Å². The maximum Gasteiger partial charge on any atom is 0.348 e. The average Bonchev–Trinajstić information content (AvgIpc) is 3.39. The second kappa shape index (κ2) is 11.1. The summed E-state index contributed by atoms with van der Waals surface area (Å²) in [5.74, 6) is -0.708. The van der Waals surface area contributed by atoms with Crippen molar-refractivity contribution in [2.75, 3.05) is 52.6 Å². The molecule has 0 N–H and O–H groups in total. The van der Waals surface area contributed by atoms with Crippen molar-refractivity contribution in [2.24, 2.45) is 17.8 Å². The lowest BCUT2D eigenvalue weighted by atomic mass is 9.74. The Morgan fingerprint density at radius 2 is 1.58 bits per heavy atom. The molecule has 3 fully saturated rings. The van der Waals surface area contributed by atoms with E-state index in [0.717, 1.165) is 37.0 Å². The maximum atomic E-state index is 13.6. The van der Waals surface area contributed by atoms with Crippen LogP contribution >= 0.6 is 11.3 Å². The van der Waals surface area contributed by atoms with Gasteiger partial charge in [-0.25, -0.2) is 21.6 Å². The average molecular weight is 562 g/mol. The van der Waals surface area contributed by atoms with Crippen molar-refractivity contribution in [1.82, 2.24) is 13.5 Å². The number of thiophene rings is 1. The minimum absolute atomic E-state index is 0.0696. The third-order valence-corrected chi connectivity index (χ3v) is 12.4. The summed E-state index contributed by atoms with van der Waals surface area (Å²) >= 11 is 0.881. The predicted octanol–water partition coefficient (Wildman–Crippen LogP) is 1.85. The lowest BCUT2D eigenvalue weighted by molar-refractivity contribution is -0.139. The topological polar surface area (TPSA) is 121 Å². The number of carbonyl (C=O) groups excluding carboxylic acids is 2. The molecular weight excluding hydrogens is 526 g/mol. The zero-order chi connectivity index (χ0) is 26.1. The van der Waals surface area contributed by atoms with Gasteiger partial charge in [0.1, 0.15) is 9.09 Å². The van der Waals surface area contributed by atoms with Crippen LogP contribution in [-0.4, -0.2) is 94.9 Å². The molecule has 1 aliphatic carbocycles. The number of rotatable bonds is 6. The molecule has 2 atom stereocenters. The number of nitrogens with zero attached hydrogens (tertiary/aromatic N) is 3. The monoisotopic (exact) mass is 561 g/mol. The molecule has 4 rings (SSSR count). The normalized spacial score (nSPS) is 25.6. The van der Waals surface area contributed by atoms with Gasteiger partial charge in [-0.05, 0) is 30.4 Å². The summed E-state index contributed by atoms with van der Waals surface area (Å²) in [5, 5.41) is 0. The Bertz CT molecular complexity index is 1170. The molecule has 1 saturated carbocycles. The number of esters is 1. The number of hydrogen-bond acceptors (Lipinski definition) is 8. The molecule has 1 aromatic heterocycles. The first kappa shape index (κ1) is 27.5. The summed E-state index contributed by atoms with van der Waals surface area (Å²) in [6.07, 6.45) is 7.31. The number of amides is 1. The standard InChI is InChI=1S/C23H35N3O7S3/c1-33-23(28)20-8-9-21(34-20)36(31,32)26-15-18(17-6-4-3-5-7-17)14-19(16-26)22(27)24-10-12-25(13-11-24)35(2,29)30/h8-9,17-19H,3-7,10-16H2,1-2H3/t18-,19+/m1/s1. The van der Waals surface area contributed by atoms with Gasteiger partial charge in [0, 0.05) is 39.3 Å². The fourth-order valence-corrected chi connectivity index (χ4v) is 9.46. The van der Waals surface area contributed by atoms with Gasteiger partial charge in [-0.3, -0.25) is 4.79 Å².